The molecule has 23 heavy (non-hydrogen) atoms. The third-order valence-electron chi connectivity index (χ3n) is 3.31. The number of rotatable bonds is 6. The van der Waals surface area contributed by atoms with Gasteiger partial charge in [-0.05, 0) is 30.3 Å². The first-order valence-corrected chi connectivity index (χ1v) is 7.37. The molecule has 1 N–H and O–H groups in total. The van der Waals surface area contributed by atoms with E-state index in [2.05, 4.69) is 5.32 Å². The summed E-state index contributed by atoms with van der Waals surface area (Å²) in [5.74, 6) is -0.437. The summed E-state index contributed by atoms with van der Waals surface area (Å²) in [7, 11) is 1.90. The van der Waals surface area contributed by atoms with Gasteiger partial charge in [-0.25, -0.2) is 0 Å². The molecule has 5 nitrogen and oxygen atoms in total. The molecule has 0 saturated heterocycles. The predicted octanol–water partition coefficient (Wildman–Crippen LogP) is 2.94. The van der Waals surface area contributed by atoms with Gasteiger partial charge in [-0.1, -0.05) is 24.3 Å². The number of carbonyl (C=O) groups is 2. The van der Waals surface area contributed by atoms with Gasteiger partial charge in [0.2, 0.25) is 0 Å². The average molecular weight is 312 g/mol. The SMILES string of the molecule is CC(=O)OCCN(C)c1cccc(NC(=O)c2ccccc2)c1. The van der Waals surface area contributed by atoms with Gasteiger partial charge in [0, 0.05) is 30.9 Å². The molecule has 120 valence electrons. The minimum Gasteiger partial charge on any atom is -0.464 e. The van der Waals surface area contributed by atoms with E-state index in [0.717, 1.165) is 11.4 Å². The molecule has 0 fully saturated rings. The van der Waals surface area contributed by atoms with Gasteiger partial charge in [0.25, 0.3) is 5.91 Å². The van der Waals surface area contributed by atoms with Crippen molar-refractivity contribution in [2.45, 2.75) is 6.92 Å². The van der Waals surface area contributed by atoms with Crippen molar-refractivity contribution >= 4 is 23.3 Å². The summed E-state index contributed by atoms with van der Waals surface area (Å²) in [4.78, 5) is 24.9. The van der Waals surface area contributed by atoms with Crippen LogP contribution >= 0.6 is 0 Å². The number of hydrogen-bond acceptors (Lipinski definition) is 4. The van der Waals surface area contributed by atoms with Gasteiger partial charge >= 0.3 is 5.97 Å². The molecule has 0 aliphatic rings. The minimum absolute atomic E-state index is 0.148. The molecule has 0 unspecified atom stereocenters. The van der Waals surface area contributed by atoms with Gasteiger partial charge in [0.1, 0.15) is 6.61 Å². The normalized spacial score (nSPS) is 10.0. The molecule has 0 aromatic heterocycles. The molecular weight excluding hydrogens is 292 g/mol. The highest BCUT2D eigenvalue weighted by Gasteiger charge is 2.07. The molecule has 0 atom stereocenters. The number of hydrogen-bond donors (Lipinski definition) is 1. The number of esters is 1. The van der Waals surface area contributed by atoms with Crippen molar-refractivity contribution in [2.75, 3.05) is 30.4 Å². The summed E-state index contributed by atoms with van der Waals surface area (Å²) in [6.07, 6.45) is 0. The molecule has 0 radical (unpaired) electrons. The maximum Gasteiger partial charge on any atom is 0.302 e. The fourth-order valence-electron chi connectivity index (χ4n) is 2.07. The lowest BCUT2D eigenvalue weighted by atomic mass is 10.2. The number of nitrogens with one attached hydrogen (secondary N) is 1. The zero-order chi connectivity index (χ0) is 16.7. The fourth-order valence-corrected chi connectivity index (χ4v) is 2.07. The first kappa shape index (κ1) is 16.5. The molecule has 1 amide bonds. The average Bonchev–Trinajstić information content (AvgIpc) is 2.55. The molecule has 0 aliphatic heterocycles. The number of nitrogens with zero attached hydrogens (tertiary/aromatic N) is 1. The largest absolute Gasteiger partial charge is 0.464 e. The Balaban J connectivity index is 1.99. The molecule has 0 spiro atoms. The summed E-state index contributed by atoms with van der Waals surface area (Å²) in [5, 5.41) is 2.88. The van der Waals surface area contributed by atoms with Crippen molar-refractivity contribution in [2.24, 2.45) is 0 Å². The topological polar surface area (TPSA) is 58.6 Å². The third kappa shape index (κ3) is 5.14. The Morgan fingerprint density at radius 2 is 1.83 bits per heavy atom. The van der Waals surface area contributed by atoms with E-state index in [-0.39, 0.29) is 11.9 Å². The zero-order valence-corrected chi connectivity index (χ0v) is 13.3. The second-order valence-corrected chi connectivity index (χ2v) is 5.13. The molecule has 5 heteroatoms. The highest BCUT2D eigenvalue weighted by atomic mass is 16.5. The van der Waals surface area contributed by atoms with Crippen LogP contribution < -0.4 is 10.2 Å². The lowest BCUT2D eigenvalue weighted by Gasteiger charge is -2.19. The van der Waals surface area contributed by atoms with Gasteiger partial charge in [0.15, 0.2) is 0 Å². The highest BCUT2D eigenvalue weighted by Crippen LogP contribution is 2.19. The number of anilines is 2. The monoisotopic (exact) mass is 312 g/mol. The molecule has 0 bridgehead atoms. The number of amides is 1. The summed E-state index contributed by atoms with van der Waals surface area (Å²) < 4.78 is 4.94. The smallest absolute Gasteiger partial charge is 0.302 e. The maximum atomic E-state index is 12.2. The molecule has 0 saturated carbocycles. The van der Waals surface area contributed by atoms with E-state index >= 15 is 0 Å². The van der Waals surface area contributed by atoms with Gasteiger partial charge in [-0.2, -0.15) is 0 Å². The van der Waals surface area contributed by atoms with Crippen molar-refractivity contribution in [3.05, 3.63) is 60.2 Å². The Labute approximate surface area is 135 Å². The van der Waals surface area contributed by atoms with Crippen molar-refractivity contribution < 1.29 is 14.3 Å². The van der Waals surface area contributed by atoms with Crippen LogP contribution in [0.2, 0.25) is 0 Å². The summed E-state index contributed by atoms with van der Waals surface area (Å²) >= 11 is 0. The van der Waals surface area contributed by atoms with Gasteiger partial charge in [-0.15, -0.1) is 0 Å². The lowest BCUT2D eigenvalue weighted by molar-refractivity contribution is -0.140. The Morgan fingerprint density at radius 1 is 1.09 bits per heavy atom. The lowest BCUT2D eigenvalue weighted by Crippen LogP contribution is -2.23. The highest BCUT2D eigenvalue weighted by molar-refractivity contribution is 6.04. The van der Waals surface area contributed by atoms with E-state index in [0.29, 0.717) is 18.7 Å². The van der Waals surface area contributed by atoms with Crippen LogP contribution in [0.1, 0.15) is 17.3 Å². The van der Waals surface area contributed by atoms with E-state index in [1.54, 1.807) is 12.1 Å². The second-order valence-electron chi connectivity index (χ2n) is 5.13. The first-order chi connectivity index (χ1) is 11.1. The molecular formula is C18H20N2O3. The quantitative estimate of drug-likeness (QED) is 0.833. The first-order valence-electron chi connectivity index (χ1n) is 7.37. The second kappa shape index (κ2) is 7.98. The summed E-state index contributed by atoms with van der Waals surface area (Å²) in [6.45, 7) is 2.29. The van der Waals surface area contributed by atoms with Crippen LogP contribution in [-0.2, 0) is 9.53 Å². The zero-order valence-electron chi connectivity index (χ0n) is 13.3. The van der Waals surface area contributed by atoms with Crippen molar-refractivity contribution in [3.8, 4) is 0 Å². The molecule has 2 rings (SSSR count). The van der Waals surface area contributed by atoms with Crippen LogP contribution in [0.4, 0.5) is 11.4 Å². The number of ether oxygens (including phenoxy) is 1. The van der Waals surface area contributed by atoms with Crippen molar-refractivity contribution in [1.29, 1.82) is 0 Å². The molecule has 0 aliphatic carbocycles. The Hall–Kier alpha value is -2.82. The van der Waals surface area contributed by atoms with Crippen molar-refractivity contribution in [3.63, 3.8) is 0 Å². The van der Waals surface area contributed by atoms with Crippen molar-refractivity contribution in [1.82, 2.24) is 0 Å². The molecule has 2 aromatic rings. The van der Waals surface area contributed by atoms with Gasteiger partial charge < -0.3 is 15.0 Å². The van der Waals surface area contributed by atoms with Gasteiger partial charge in [-0.3, -0.25) is 9.59 Å². The van der Waals surface area contributed by atoms with Crippen LogP contribution in [0.5, 0.6) is 0 Å². The van der Waals surface area contributed by atoms with E-state index in [4.69, 9.17) is 4.74 Å². The van der Waals surface area contributed by atoms with Crippen LogP contribution in [0.3, 0.4) is 0 Å². The van der Waals surface area contributed by atoms with E-state index in [1.165, 1.54) is 6.92 Å². The number of likely N-dealkylation sites (N-methyl/N-ethyl adjacent to an activating group) is 1. The standard InChI is InChI=1S/C18H20N2O3/c1-14(21)23-12-11-20(2)17-10-6-9-16(13-17)19-18(22)15-7-4-3-5-8-15/h3-10,13H,11-12H2,1-2H3,(H,19,22). The van der Waals surface area contributed by atoms with E-state index < -0.39 is 0 Å². The van der Waals surface area contributed by atoms with Gasteiger partial charge in [0.05, 0.1) is 6.54 Å². The summed E-state index contributed by atoms with van der Waals surface area (Å²) in [5.41, 5.74) is 2.26. The number of benzene rings is 2. The predicted molar refractivity (Wildman–Crippen MR) is 90.7 cm³/mol. The minimum atomic E-state index is -0.290. The fraction of sp³-hybridized carbons (Fsp3) is 0.222. The van der Waals surface area contributed by atoms with Crippen LogP contribution in [0.25, 0.3) is 0 Å². The Bertz CT molecular complexity index is 671. The van der Waals surface area contributed by atoms with Crippen LogP contribution in [-0.4, -0.2) is 32.1 Å². The Morgan fingerprint density at radius 3 is 2.52 bits per heavy atom. The van der Waals surface area contributed by atoms with E-state index in [9.17, 15) is 9.59 Å². The molecule has 0 heterocycles. The van der Waals surface area contributed by atoms with E-state index in [1.807, 2.05) is 54.4 Å². The third-order valence-corrected chi connectivity index (χ3v) is 3.31. The van der Waals surface area contributed by atoms with Crippen LogP contribution in [0, 0.1) is 0 Å². The Kier molecular flexibility index (Phi) is 5.74. The maximum absolute atomic E-state index is 12.2. The molecule has 2 aromatic carbocycles. The van der Waals surface area contributed by atoms with Crippen LogP contribution in [0.15, 0.2) is 54.6 Å². The number of carbonyl (C=O) groups excluding carboxylic acids is 2. The summed E-state index contributed by atoms with van der Waals surface area (Å²) in [6, 6.07) is 16.6.